The zero-order valence-electron chi connectivity index (χ0n) is 24.2. The lowest BCUT2D eigenvalue weighted by Gasteiger charge is -2.35. The Balaban J connectivity index is 1.29. The molecule has 0 spiro atoms. The van der Waals surface area contributed by atoms with Gasteiger partial charge in [-0.1, -0.05) is 11.6 Å². The van der Waals surface area contributed by atoms with Gasteiger partial charge in [-0.3, -0.25) is 20.3 Å². The highest BCUT2D eigenvalue weighted by Gasteiger charge is 2.45. The van der Waals surface area contributed by atoms with Crippen LogP contribution in [0.25, 0.3) is 33.1 Å². The molecule has 3 saturated heterocycles. The van der Waals surface area contributed by atoms with Crippen LogP contribution in [0.3, 0.4) is 0 Å². The molecule has 4 aromatic rings. The first-order valence-electron chi connectivity index (χ1n) is 15.5. The van der Waals surface area contributed by atoms with Crippen molar-refractivity contribution in [2.75, 3.05) is 57.6 Å². The Hall–Kier alpha value is -3.12. The standard InChI is InChI=1S/C31H36ClFN8O2/c32-23-11-24-21(14-36-39-24)25-20(23)5-1-2-10-42-16-19-12-34-18-40(15-19)29-22-13-35-28(25)26(33)27(22)37-30(38-29)43-17-31-6-3-8-41(31)9-4-7-31/h11,13-14,19,34H,1-10,12,15-18H2,(H,36,39). The van der Waals surface area contributed by atoms with Crippen LogP contribution in [0.5, 0.6) is 6.01 Å². The molecule has 1 atom stereocenters. The molecule has 10 nitrogen and oxygen atoms in total. The minimum Gasteiger partial charge on any atom is -0.461 e. The van der Waals surface area contributed by atoms with E-state index in [1.807, 2.05) is 6.07 Å². The molecule has 8 heterocycles. The zero-order chi connectivity index (χ0) is 29.0. The quantitative estimate of drug-likeness (QED) is 0.343. The monoisotopic (exact) mass is 606 g/mol. The van der Waals surface area contributed by atoms with E-state index in [9.17, 15) is 0 Å². The highest BCUT2D eigenvalue weighted by molar-refractivity contribution is 6.33. The number of benzene rings is 1. The second kappa shape index (κ2) is 11.1. The normalized spacial score (nSPS) is 22.5. The molecule has 5 aliphatic heterocycles. The topological polar surface area (TPSA) is 104 Å². The molecular formula is C31H36ClFN8O2. The number of aromatic nitrogens is 5. The smallest absolute Gasteiger partial charge is 0.319 e. The predicted molar refractivity (Wildman–Crippen MR) is 163 cm³/mol. The number of aromatic amines is 1. The molecule has 1 aromatic carbocycles. The first kappa shape index (κ1) is 27.4. The van der Waals surface area contributed by atoms with Crippen LogP contribution in [0, 0.1) is 11.7 Å². The molecule has 0 amide bonds. The van der Waals surface area contributed by atoms with Crippen LogP contribution in [0.4, 0.5) is 10.2 Å². The number of ether oxygens (including phenoxy) is 2. The van der Waals surface area contributed by atoms with Gasteiger partial charge in [0.25, 0.3) is 0 Å². The van der Waals surface area contributed by atoms with Crippen molar-refractivity contribution in [1.82, 2.24) is 35.4 Å². The summed E-state index contributed by atoms with van der Waals surface area (Å²) in [7, 11) is 0. The van der Waals surface area contributed by atoms with Gasteiger partial charge in [0.15, 0.2) is 5.82 Å². The molecule has 0 radical (unpaired) electrons. The lowest BCUT2D eigenvalue weighted by Crippen LogP contribution is -2.49. The summed E-state index contributed by atoms with van der Waals surface area (Å²) in [5, 5.41) is 12.6. The van der Waals surface area contributed by atoms with E-state index in [-0.39, 0.29) is 28.7 Å². The minimum absolute atomic E-state index is 0.0197. The lowest BCUT2D eigenvalue weighted by atomic mass is 9.95. The van der Waals surface area contributed by atoms with Crippen LogP contribution in [0.2, 0.25) is 5.02 Å². The third kappa shape index (κ3) is 4.81. The number of rotatable bonds is 3. The van der Waals surface area contributed by atoms with Gasteiger partial charge in [-0.25, -0.2) is 4.39 Å². The average molecular weight is 607 g/mol. The van der Waals surface area contributed by atoms with Crippen molar-refractivity contribution in [3.05, 3.63) is 34.9 Å². The fourth-order valence-electron chi connectivity index (χ4n) is 7.65. The van der Waals surface area contributed by atoms with Crippen LogP contribution < -0.4 is 15.0 Å². The number of fused-ring (bicyclic) bond motifs is 8. The van der Waals surface area contributed by atoms with Crippen molar-refractivity contribution >= 4 is 39.2 Å². The molecule has 0 saturated carbocycles. The summed E-state index contributed by atoms with van der Waals surface area (Å²) in [6.07, 6.45) is 10.3. The van der Waals surface area contributed by atoms with E-state index in [2.05, 4.69) is 25.3 Å². The Bertz CT molecular complexity index is 1670. The second-order valence-corrected chi connectivity index (χ2v) is 12.9. The number of nitrogens with zero attached hydrogens (tertiary/aromatic N) is 6. The lowest BCUT2D eigenvalue weighted by molar-refractivity contribution is 0.0933. The van der Waals surface area contributed by atoms with E-state index < -0.39 is 5.82 Å². The highest BCUT2D eigenvalue weighted by atomic mass is 35.5. The van der Waals surface area contributed by atoms with Gasteiger partial charge in [0, 0.05) is 47.8 Å². The number of hydrogen-bond acceptors (Lipinski definition) is 9. The molecule has 9 rings (SSSR count). The van der Waals surface area contributed by atoms with Crippen LogP contribution in [-0.2, 0) is 11.2 Å². The summed E-state index contributed by atoms with van der Waals surface area (Å²) in [5.41, 5.74) is 2.67. The van der Waals surface area contributed by atoms with Crippen molar-refractivity contribution in [2.24, 2.45) is 5.92 Å². The Kier molecular flexibility index (Phi) is 7.08. The Morgan fingerprint density at radius 1 is 1.12 bits per heavy atom. The van der Waals surface area contributed by atoms with E-state index >= 15 is 4.39 Å². The van der Waals surface area contributed by atoms with Gasteiger partial charge in [0.1, 0.15) is 23.6 Å². The van der Waals surface area contributed by atoms with Gasteiger partial charge >= 0.3 is 6.01 Å². The average Bonchev–Trinajstić information content (AvgIpc) is 3.74. The Labute approximate surface area is 254 Å². The third-order valence-corrected chi connectivity index (χ3v) is 10.1. The minimum atomic E-state index is -0.504. The first-order chi connectivity index (χ1) is 21.1. The predicted octanol–water partition coefficient (Wildman–Crippen LogP) is 4.70. The second-order valence-electron chi connectivity index (χ2n) is 12.5. The maximum atomic E-state index is 16.9. The van der Waals surface area contributed by atoms with Crippen molar-refractivity contribution in [1.29, 1.82) is 0 Å². The number of H-pyrrole nitrogens is 1. The molecule has 0 aliphatic carbocycles. The number of nitrogens with one attached hydrogen (secondary N) is 2. The molecule has 12 heteroatoms. The molecule has 3 fully saturated rings. The van der Waals surface area contributed by atoms with Crippen molar-refractivity contribution in [3.63, 3.8) is 0 Å². The fraction of sp³-hybridized carbons (Fsp3) is 0.548. The number of halogens is 2. The van der Waals surface area contributed by atoms with E-state index in [4.69, 9.17) is 36.0 Å². The SMILES string of the molecule is Fc1c2ncc3c(nc(OCC45CCCN4CCC5)nc13)N1CNCC(COCCCCc3c(Cl)cc4[nH]ncc4c3-2)C1. The van der Waals surface area contributed by atoms with Gasteiger partial charge in [0.05, 0.1) is 35.9 Å². The van der Waals surface area contributed by atoms with Gasteiger partial charge in [-0.05, 0) is 69.7 Å². The summed E-state index contributed by atoms with van der Waals surface area (Å²) in [6, 6.07) is 2.06. The number of anilines is 1. The summed E-state index contributed by atoms with van der Waals surface area (Å²) < 4.78 is 29.4. The van der Waals surface area contributed by atoms with Gasteiger partial charge in [0.2, 0.25) is 0 Å². The zero-order valence-corrected chi connectivity index (χ0v) is 24.9. The van der Waals surface area contributed by atoms with Gasteiger partial charge in [-0.15, -0.1) is 0 Å². The molecular weight excluding hydrogens is 571 g/mol. The molecule has 1 unspecified atom stereocenters. The van der Waals surface area contributed by atoms with E-state index in [0.717, 1.165) is 68.3 Å². The largest absolute Gasteiger partial charge is 0.461 e. The van der Waals surface area contributed by atoms with Crippen molar-refractivity contribution in [2.45, 2.75) is 50.5 Å². The van der Waals surface area contributed by atoms with Crippen LogP contribution in [0.15, 0.2) is 18.5 Å². The maximum absolute atomic E-state index is 16.9. The molecule has 43 heavy (non-hydrogen) atoms. The molecule has 2 N–H and O–H groups in total. The summed E-state index contributed by atoms with van der Waals surface area (Å²) >= 11 is 6.83. The van der Waals surface area contributed by atoms with Gasteiger partial charge in [-0.2, -0.15) is 15.1 Å². The molecule has 5 aliphatic rings. The first-order valence-corrected chi connectivity index (χ1v) is 15.9. The van der Waals surface area contributed by atoms with E-state index in [1.165, 1.54) is 12.8 Å². The van der Waals surface area contributed by atoms with Crippen LogP contribution in [-0.4, -0.2) is 88.3 Å². The Morgan fingerprint density at radius 2 is 2.00 bits per heavy atom. The molecule has 226 valence electrons. The van der Waals surface area contributed by atoms with Crippen LogP contribution in [0.1, 0.15) is 44.1 Å². The summed E-state index contributed by atoms with van der Waals surface area (Å²) in [5.74, 6) is 0.381. The highest BCUT2D eigenvalue weighted by Crippen LogP contribution is 2.41. The number of pyridine rings is 1. The van der Waals surface area contributed by atoms with E-state index in [0.29, 0.717) is 54.7 Å². The van der Waals surface area contributed by atoms with E-state index in [1.54, 1.807) is 12.4 Å². The van der Waals surface area contributed by atoms with Gasteiger partial charge < -0.3 is 14.4 Å². The molecule has 3 aromatic heterocycles. The Morgan fingerprint density at radius 3 is 2.88 bits per heavy atom. The maximum Gasteiger partial charge on any atom is 0.319 e. The van der Waals surface area contributed by atoms with Crippen LogP contribution >= 0.6 is 11.6 Å². The van der Waals surface area contributed by atoms with Crippen molar-refractivity contribution < 1.29 is 13.9 Å². The molecule has 6 bridgehead atoms. The third-order valence-electron chi connectivity index (χ3n) is 9.79. The fourth-order valence-corrected chi connectivity index (χ4v) is 7.95. The summed E-state index contributed by atoms with van der Waals surface area (Å²) in [4.78, 5) is 19.0. The number of hydrogen-bond donors (Lipinski definition) is 2. The van der Waals surface area contributed by atoms with Crippen molar-refractivity contribution in [3.8, 4) is 17.3 Å². The summed E-state index contributed by atoms with van der Waals surface area (Å²) in [6.45, 7) is 6.16.